The fraction of sp³-hybridized carbons (Fsp3) is 0.333. The number of nitrogens with one attached hydrogen (secondary N) is 1. The van der Waals surface area contributed by atoms with Crippen molar-refractivity contribution in [1.82, 2.24) is 9.62 Å². The molecule has 9 heteroatoms. The van der Waals surface area contributed by atoms with Crippen molar-refractivity contribution in [2.24, 2.45) is 0 Å². The summed E-state index contributed by atoms with van der Waals surface area (Å²) < 4.78 is 29.1. The van der Waals surface area contributed by atoms with E-state index in [1.54, 1.807) is 0 Å². The van der Waals surface area contributed by atoms with Crippen molar-refractivity contribution < 1.29 is 27.5 Å². The summed E-state index contributed by atoms with van der Waals surface area (Å²) in [7, 11) is -1.11. The summed E-state index contributed by atoms with van der Waals surface area (Å²) in [5.41, 5.74) is 0. The monoisotopic (exact) mass is 276 g/mol. The van der Waals surface area contributed by atoms with Gasteiger partial charge in [-0.05, 0) is 12.1 Å². The zero-order valence-corrected chi connectivity index (χ0v) is 10.5. The van der Waals surface area contributed by atoms with Crippen LogP contribution < -0.4 is 5.32 Å². The number of sulfonamides is 1. The second-order valence-electron chi connectivity index (χ2n) is 3.48. The van der Waals surface area contributed by atoms with E-state index in [1.165, 1.54) is 14.1 Å². The van der Waals surface area contributed by atoms with Gasteiger partial charge in [0.1, 0.15) is 6.54 Å². The third kappa shape index (κ3) is 3.08. The number of carboxylic acid groups (broad SMARTS) is 1. The molecular weight excluding hydrogens is 264 g/mol. The number of carbonyl (C=O) groups excluding carboxylic acids is 1. The third-order valence-electron chi connectivity index (χ3n) is 1.94. The molecule has 100 valence electrons. The molecule has 0 aliphatic carbocycles. The summed E-state index contributed by atoms with van der Waals surface area (Å²) in [6.07, 6.45) is 0. The lowest BCUT2D eigenvalue weighted by Crippen LogP contribution is -2.28. The van der Waals surface area contributed by atoms with Gasteiger partial charge in [0.05, 0.1) is 0 Å². The number of hydrogen-bond acceptors (Lipinski definition) is 5. The first-order chi connectivity index (χ1) is 8.25. The van der Waals surface area contributed by atoms with Gasteiger partial charge in [-0.3, -0.25) is 9.59 Å². The largest absolute Gasteiger partial charge is 0.480 e. The lowest BCUT2D eigenvalue weighted by atomic mass is 10.4. The van der Waals surface area contributed by atoms with Crippen molar-refractivity contribution in [3.63, 3.8) is 0 Å². The van der Waals surface area contributed by atoms with Gasteiger partial charge in [0.15, 0.2) is 5.76 Å². The minimum Gasteiger partial charge on any atom is -0.480 e. The molecule has 0 spiro atoms. The quantitative estimate of drug-likeness (QED) is 0.737. The summed E-state index contributed by atoms with van der Waals surface area (Å²) in [5.74, 6) is -2.27. The van der Waals surface area contributed by atoms with Gasteiger partial charge in [0.2, 0.25) is 5.09 Å². The van der Waals surface area contributed by atoms with Crippen LogP contribution in [0.3, 0.4) is 0 Å². The smallest absolute Gasteiger partial charge is 0.322 e. The zero-order chi connectivity index (χ0) is 13.9. The molecule has 0 aromatic carbocycles. The molecule has 0 aliphatic rings. The number of aliphatic carboxylic acids is 1. The molecule has 0 saturated heterocycles. The SMILES string of the molecule is CN(C)S(=O)(=O)c1ccc(C(=O)NCC(=O)O)o1. The van der Waals surface area contributed by atoms with Crippen LogP contribution in [-0.4, -0.2) is 50.3 Å². The average Bonchev–Trinajstić information content (AvgIpc) is 2.75. The van der Waals surface area contributed by atoms with E-state index in [9.17, 15) is 18.0 Å². The van der Waals surface area contributed by atoms with E-state index in [0.717, 1.165) is 16.4 Å². The molecule has 0 saturated carbocycles. The molecule has 18 heavy (non-hydrogen) atoms. The number of carboxylic acids is 1. The van der Waals surface area contributed by atoms with Crippen LogP contribution in [-0.2, 0) is 14.8 Å². The Morgan fingerprint density at radius 2 is 2.00 bits per heavy atom. The van der Waals surface area contributed by atoms with Crippen molar-refractivity contribution in [2.75, 3.05) is 20.6 Å². The Kier molecular flexibility index (Phi) is 4.09. The summed E-state index contributed by atoms with van der Waals surface area (Å²) >= 11 is 0. The van der Waals surface area contributed by atoms with Crippen molar-refractivity contribution in [1.29, 1.82) is 0 Å². The number of furan rings is 1. The zero-order valence-electron chi connectivity index (χ0n) is 9.71. The van der Waals surface area contributed by atoms with Crippen molar-refractivity contribution in [2.45, 2.75) is 5.09 Å². The Balaban J connectivity index is 2.87. The lowest BCUT2D eigenvalue weighted by Gasteiger charge is -2.07. The fourth-order valence-electron chi connectivity index (χ4n) is 1.00. The van der Waals surface area contributed by atoms with Gasteiger partial charge in [0.25, 0.3) is 15.9 Å². The minimum atomic E-state index is -3.75. The highest BCUT2D eigenvalue weighted by molar-refractivity contribution is 7.88. The van der Waals surface area contributed by atoms with Gasteiger partial charge in [-0.2, -0.15) is 0 Å². The minimum absolute atomic E-state index is 0.267. The van der Waals surface area contributed by atoms with Crippen LogP contribution in [0.25, 0.3) is 0 Å². The van der Waals surface area contributed by atoms with E-state index in [2.05, 4.69) is 5.32 Å². The van der Waals surface area contributed by atoms with Gasteiger partial charge in [0, 0.05) is 14.1 Å². The summed E-state index contributed by atoms with van der Waals surface area (Å²) in [4.78, 5) is 21.6. The molecule has 0 unspecified atom stereocenters. The third-order valence-corrected chi connectivity index (χ3v) is 3.63. The van der Waals surface area contributed by atoms with E-state index >= 15 is 0 Å². The molecule has 1 heterocycles. The van der Waals surface area contributed by atoms with Crippen LogP contribution in [0, 0.1) is 0 Å². The molecule has 0 atom stereocenters. The highest BCUT2D eigenvalue weighted by atomic mass is 32.2. The van der Waals surface area contributed by atoms with Crippen LogP contribution in [0.5, 0.6) is 0 Å². The maximum Gasteiger partial charge on any atom is 0.322 e. The summed E-state index contributed by atoms with van der Waals surface area (Å²) in [5, 5.41) is 10.0. The van der Waals surface area contributed by atoms with Gasteiger partial charge < -0.3 is 14.8 Å². The molecule has 0 bridgehead atoms. The first-order valence-corrected chi connectivity index (χ1v) is 6.21. The van der Waals surface area contributed by atoms with Crippen LogP contribution >= 0.6 is 0 Å². The first-order valence-electron chi connectivity index (χ1n) is 4.77. The molecule has 0 radical (unpaired) electrons. The van der Waals surface area contributed by atoms with Gasteiger partial charge in [-0.15, -0.1) is 0 Å². The molecule has 0 fully saturated rings. The Morgan fingerprint density at radius 3 is 2.50 bits per heavy atom. The maximum absolute atomic E-state index is 11.6. The van der Waals surface area contributed by atoms with Gasteiger partial charge in [-0.25, -0.2) is 12.7 Å². The summed E-state index contributed by atoms with van der Waals surface area (Å²) in [6, 6.07) is 2.29. The van der Waals surface area contributed by atoms with Gasteiger partial charge in [-0.1, -0.05) is 0 Å². The molecule has 2 N–H and O–H groups in total. The predicted molar refractivity (Wildman–Crippen MR) is 59.5 cm³/mol. The highest BCUT2D eigenvalue weighted by Crippen LogP contribution is 2.16. The Bertz CT molecular complexity index is 559. The second-order valence-corrected chi connectivity index (χ2v) is 5.57. The number of nitrogens with zero attached hydrogens (tertiary/aromatic N) is 1. The average molecular weight is 276 g/mol. The van der Waals surface area contributed by atoms with E-state index in [-0.39, 0.29) is 10.9 Å². The van der Waals surface area contributed by atoms with Crippen LogP contribution in [0.4, 0.5) is 0 Å². The highest BCUT2D eigenvalue weighted by Gasteiger charge is 2.23. The Morgan fingerprint density at radius 1 is 1.39 bits per heavy atom. The molecule has 1 rings (SSSR count). The topological polar surface area (TPSA) is 117 Å². The van der Waals surface area contributed by atoms with Gasteiger partial charge >= 0.3 is 5.97 Å². The van der Waals surface area contributed by atoms with E-state index < -0.39 is 28.4 Å². The number of amides is 1. The molecule has 1 aromatic heterocycles. The van der Waals surface area contributed by atoms with Crippen LogP contribution in [0.15, 0.2) is 21.6 Å². The Labute approximate surface area is 103 Å². The van der Waals surface area contributed by atoms with Crippen LogP contribution in [0.1, 0.15) is 10.6 Å². The van der Waals surface area contributed by atoms with E-state index in [1.807, 2.05) is 0 Å². The fourth-order valence-corrected chi connectivity index (χ4v) is 1.80. The van der Waals surface area contributed by atoms with Crippen molar-refractivity contribution >= 4 is 21.9 Å². The normalized spacial score (nSPS) is 11.5. The van der Waals surface area contributed by atoms with Crippen LogP contribution in [0.2, 0.25) is 0 Å². The van der Waals surface area contributed by atoms with E-state index in [4.69, 9.17) is 9.52 Å². The van der Waals surface area contributed by atoms with Crippen molar-refractivity contribution in [3.05, 3.63) is 17.9 Å². The maximum atomic E-state index is 11.6. The lowest BCUT2D eigenvalue weighted by molar-refractivity contribution is -0.135. The number of rotatable bonds is 5. The molecule has 0 aliphatic heterocycles. The number of hydrogen-bond donors (Lipinski definition) is 2. The molecule has 8 nitrogen and oxygen atoms in total. The molecule has 1 aromatic rings. The molecule has 1 amide bonds. The Hall–Kier alpha value is -1.87. The summed E-state index contributed by atoms with van der Waals surface area (Å²) in [6.45, 7) is -0.574. The van der Waals surface area contributed by atoms with E-state index in [0.29, 0.717) is 0 Å². The first kappa shape index (κ1) is 14.2. The standard InChI is InChI=1S/C9H12N2O6S/c1-11(2)18(15,16)8-4-3-6(17-8)9(14)10-5-7(12)13/h3-4H,5H2,1-2H3,(H,10,14)(H,12,13). The molecular formula is C9H12N2O6S. The predicted octanol–water partition coefficient (Wildman–Crippen LogP) is -0.656. The van der Waals surface area contributed by atoms with Crippen molar-refractivity contribution in [3.8, 4) is 0 Å². The second kappa shape index (κ2) is 5.19. The number of carbonyl (C=O) groups is 2.